The summed E-state index contributed by atoms with van der Waals surface area (Å²) >= 11 is 0. The lowest BCUT2D eigenvalue weighted by atomic mass is 9.88. The van der Waals surface area contributed by atoms with Gasteiger partial charge in [-0.3, -0.25) is 4.79 Å². The number of benzene rings is 1. The Kier molecular flexibility index (Phi) is 8.91. The fraction of sp³-hybridized carbons (Fsp3) is 0.593. The molecule has 170 valence electrons. The van der Waals surface area contributed by atoms with Gasteiger partial charge in [0.25, 0.3) is 0 Å². The van der Waals surface area contributed by atoms with Crippen LogP contribution in [0.2, 0.25) is 0 Å². The molecule has 2 aliphatic carbocycles. The molecule has 0 bridgehead atoms. The van der Waals surface area contributed by atoms with E-state index < -0.39 is 12.1 Å². The Morgan fingerprint density at radius 1 is 1.19 bits per heavy atom. The van der Waals surface area contributed by atoms with Gasteiger partial charge in [-0.05, 0) is 75.7 Å². The van der Waals surface area contributed by atoms with Crippen molar-refractivity contribution >= 4 is 5.97 Å². The standard InChI is InChI=1S/C27H38O4/c1-19-7-6-10-20(15-19)8-2-4-11-23(28)13-14-24-25-17-21(9-3-5-12-27(30)31)16-22(25)18-26(24)29/h6-7,10,13-16,22-26,28-29H,2-5,8-9,11-12,17-18H2,1H3,(H,30,31)/b14-13+/t22-,23+,24+,25-,26+/m0/s1. The van der Waals surface area contributed by atoms with Crippen molar-refractivity contribution in [1.82, 2.24) is 0 Å². The van der Waals surface area contributed by atoms with E-state index in [0.717, 1.165) is 57.8 Å². The van der Waals surface area contributed by atoms with Crippen molar-refractivity contribution in [2.45, 2.75) is 83.3 Å². The van der Waals surface area contributed by atoms with Gasteiger partial charge in [0.05, 0.1) is 12.2 Å². The summed E-state index contributed by atoms with van der Waals surface area (Å²) in [6.45, 7) is 2.11. The zero-order chi connectivity index (χ0) is 22.2. The Morgan fingerprint density at radius 3 is 2.77 bits per heavy atom. The average molecular weight is 427 g/mol. The van der Waals surface area contributed by atoms with Crippen molar-refractivity contribution in [3.05, 3.63) is 59.2 Å². The molecule has 1 saturated carbocycles. The van der Waals surface area contributed by atoms with Crippen LogP contribution < -0.4 is 0 Å². The minimum atomic E-state index is -0.723. The first kappa shape index (κ1) is 23.7. The lowest BCUT2D eigenvalue weighted by Gasteiger charge is -2.19. The van der Waals surface area contributed by atoms with E-state index in [2.05, 4.69) is 43.3 Å². The molecule has 0 aromatic heterocycles. The molecular weight excluding hydrogens is 388 g/mol. The summed E-state index contributed by atoms with van der Waals surface area (Å²) < 4.78 is 0. The normalized spacial score (nSPS) is 26.2. The summed E-state index contributed by atoms with van der Waals surface area (Å²) in [4.78, 5) is 10.7. The number of carboxylic acids is 1. The highest BCUT2D eigenvalue weighted by atomic mass is 16.4. The Labute approximate surface area is 186 Å². The van der Waals surface area contributed by atoms with Crippen molar-refractivity contribution in [1.29, 1.82) is 0 Å². The average Bonchev–Trinajstić information content (AvgIpc) is 3.23. The second-order valence-corrected chi connectivity index (χ2v) is 9.53. The summed E-state index contributed by atoms with van der Waals surface area (Å²) in [7, 11) is 0. The predicted octanol–water partition coefficient (Wildman–Crippen LogP) is 5.21. The van der Waals surface area contributed by atoms with E-state index in [1.165, 1.54) is 16.7 Å². The van der Waals surface area contributed by atoms with Crippen LogP contribution in [0.15, 0.2) is 48.1 Å². The summed E-state index contributed by atoms with van der Waals surface area (Å²) in [6, 6.07) is 8.60. The van der Waals surface area contributed by atoms with E-state index >= 15 is 0 Å². The van der Waals surface area contributed by atoms with Crippen LogP contribution in [0, 0.1) is 24.7 Å². The number of unbranched alkanes of at least 4 members (excludes halogenated alkanes) is 2. The third kappa shape index (κ3) is 7.33. The van der Waals surface area contributed by atoms with E-state index in [-0.39, 0.29) is 18.4 Å². The summed E-state index contributed by atoms with van der Waals surface area (Å²) in [5.74, 6) is 0.235. The van der Waals surface area contributed by atoms with Crippen LogP contribution in [0.4, 0.5) is 0 Å². The molecule has 3 N–H and O–H groups in total. The smallest absolute Gasteiger partial charge is 0.303 e. The zero-order valence-corrected chi connectivity index (χ0v) is 18.7. The molecule has 1 aromatic rings. The van der Waals surface area contributed by atoms with Gasteiger partial charge in [0, 0.05) is 12.3 Å². The van der Waals surface area contributed by atoms with Crippen LogP contribution in [0.1, 0.15) is 68.9 Å². The lowest BCUT2D eigenvalue weighted by molar-refractivity contribution is -0.137. The maximum absolute atomic E-state index is 10.7. The summed E-state index contributed by atoms with van der Waals surface area (Å²) in [6.07, 6.45) is 14.0. The fourth-order valence-corrected chi connectivity index (χ4v) is 5.32. The molecule has 3 rings (SSSR count). The van der Waals surface area contributed by atoms with Crippen molar-refractivity contribution in [3.63, 3.8) is 0 Å². The summed E-state index contributed by atoms with van der Waals surface area (Å²) in [5, 5.41) is 29.7. The van der Waals surface area contributed by atoms with E-state index in [1.54, 1.807) is 0 Å². The van der Waals surface area contributed by atoms with Gasteiger partial charge in [-0.2, -0.15) is 0 Å². The quantitative estimate of drug-likeness (QED) is 0.317. The van der Waals surface area contributed by atoms with Crippen molar-refractivity contribution in [3.8, 4) is 0 Å². The molecule has 4 heteroatoms. The number of aliphatic carboxylic acids is 1. The molecule has 31 heavy (non-hydrogen) atoms. The van der Waals surface area contributed by atoms with Crippen LogP contribution >= 0.6 is 0 Å². The molecule has 0 unspecified atom stereocenters. The largest absolute Gasteiger partial charge is 0.481 e. The highest BCUT2D eigenvalue weighted by Crippen LogP contribution is 2.48. The number of carboxylic acid groups (broad SMARTS) is 1. The molecule has 0 amide bonds. The van der Waals surface area contributed by atoms with Gasteiger partial charge in [-0.25, -0.2) is 0 Å². The predicted molar refractivity (Wildman–Crippen MR) is 124 cm³/mol. The molecule has 0 radical (unpaired) electrons. The topological polar surface area (TPSA) is 77.8 Å². The molecule has 5 atom stereocenters. The number of aryl methyl sites for hydroxylation is 2. The molecule has 0 spiro atoms. The number of hydrogen-bond acceptors (Lipinski definition) is 3. The number of rotatable bonds is 12. The van der Waals surface area contributed by atoms with Crippen LogP contribution in [0.25, 0.3) is 0 Å². The number of aliphatic hydroxyl groups excluding tert-OH is 2. The van der Waals surface area contributed by atoms with Crippen molar-refractivity contribution < 1.29 is 20.1 Å². The van der Waals surface area contributed by atoms with E-state index in [1.807, 2.05) is 6.08 Å². The van der Waals surface area contributed by atoms with E-state index in [0.29, 0.717) is 11.8 Å². The fourth-order valence-electron chi connectivity index (χ4n) is 5.32. The van der Waals surface area contributed by atoms with Crippen LogP contribution in [-0.2, 0) is 11.2 Å². The third-order valence-corrected chi connectivity index (χ3v) is 6.94. The number of hydrogen-bond donors (Lipinski definition) is 3. The molecule has 2 aliphatic rings. The maximum Gasteiger partial charge on any atom is 0.303 e. The highest BCUT2D eigenvalue weighted by molar-refractivity contribution is 5.66. The monoisotopic (exact) mass is 426 g/mol. The Hall–Kier alpha value is -1.91. The first-order valence-corrected chi connectivity index (χ1v) is 11.9. The third-order valence-electron chi connectivity index (χ3n) is 6.94. The Morgan fingerprint density at radius 2 is 2.00 bits per heavy atom. The second-order valence-electron chi connectivity index (χ2n) is 9.53. The molecule has 4 nitrogen and oxygen atoms in total. The Bertz CT molecular complexity index is 781. The van der Waals surface area contributed by atoms with Crippen LogP contribution in [0.3, 0.4) is 0 Å². The molecule has 1 aromatic carbocycles. The maximum atomic E-state index is 10.7. The van der Waals surface area contributed by atoms with E-state index in [4.69, 9.17) is 5.11 Å². The van der Waals surface area contributed by atoms with Gasteiger partial charge in [-0.1, -0.05) is 60.1 Å². The van der Waals surface area contributed by atoms with Crippen LogP contribution in [-0.4, -0.2) is 33.5 Å². The molecule has 0 saturated heterocycles. The number of fused-ring (bicyclic) bond motifs is 1. The molecule has 0 aliphatic heterocycles. The van der Waals surface area contributed by atoms with Gasteiger partial charge in [-0.15, -0.1) is 0 Å². The minimum Gasteiger partial charge on any atom is -0.481 e. The number of allylic oxidation sites excluding steroid dienone is 2. The van der Waals surface area contributed by atoms with Gasteiger partial charge < -0.3 is 15.3 Å². The van der Waals surface area contributed by atoms with E-state index in [9.17, 15) is 15.0 Å². The highest BCUT2D eigenvalue weighted by Gasteiger charge is 2.43. The molecule has 0 heterocycles. The SMILES string of the molecule is Cc1cccc(CCCC[C@@H](O)/C=C/[C@@H]2[C@H]3CC(CCCCC(=O)O)=C[C@H]3C[C@H]2O)c1. The van der Waals surface area contributed by atoms with Crippen molar-refractivity contribution in [2.24, 2.45) is 17.8 Å². The number of carbonyl (C=O) groups is 1. The minimum absolute atomic E-state index is 0.111. The molecular formula is C27H38O4. The van der Waals surface area contributed by atoms with Gasteiger partial charge in [0.1, 0.15) is 0 Å². The molecule has 1 fully saturated rings. The van der Waals surface area contributed by atoms with Gasteiger partial charge >= 0.3 is 5.97 Å². The first-order chi connectivity index (χ1) is 14.9. The van der Waals surface area contributed by atoms with Crippen LogP contribution in [0.5, 0.6) is 0 Å². The number of aliphatic hydroxyl groups is 2. The van der Waals surface area contributed by atoms with Gasteiger partial charge in [0.15, 0.2) is 0 Å². The Balaban J connectivity index is 1.38. The van der Waals surface area contributed by atoms with Crippen molar-refractivity contribution in [2.75, 3.05) is 0 Å². The zero-order valence-electron chi connectivity index (χ0n) is 18.7. The lowest BCUT2D eigenvalue weighted by Crippen LogP contribution is -2.18. The first-order valence-electron chi connectivity index (χ1n) is 11.9. The summed E-state index contributed by atoms with van der Waals surface area (Å²) in [5.41, 5.74) is 4.07. The second kappa shape index (κ2) is 11.6. The van der Waals surface area contributed by atoms with Gasteiger partial charge in [0.2, 0.25) is 0 Å².